The van der Waals surface area contributed by atoms with Gasteiger partial charge < -0.3 is 18.9 Å². The van der Waals surface area contributed by atoms with Crippen LogP contribution in [0.4, 0.5) is 0 Å². The fourth-order valence-corrected chi connectivity index (χ4v) is 3.64. The van der Waals surface area contributed by atoms with Crippen LogP contribution in [0.3, 0.4) is 0 Å². The Balaban J connectivity index is 1.41. The Bertz CT molecular complexity index is 756. The van der Waals surface area contributed by atoms with Gasteiger partial charge in [-0.1, -0.05) is 72.8 Å². The summed E-state index contributed by atoms with van der Waals surface area (Å²) in [5.41, 5.74) is 2.29. The highest BCUT2D eigenvalue weighted by molar-refractivity contribution is 5.49. The molecule has 0 radical (unpaired) electrons. The Labute approximate surface area is 160 Å². The smallest absolute Gasteiger partial charge is 0.164 e. The number of benzene rings is 2. The van der Waals surface area contributed by atoms with E-state index in [-0.39, 0.29) is 24.4 Å². The quantitative estimate of drug-likeness (QED) is 0.768. The van der Waals surface area contributed by atoms with E-state index in [4.69, 9.17) is 18.9 Å². The van der Waals surface area contributed by atoms with Crippen molar-refractivity contribution in [1.29, 1.82) is 0 Å². The number of ether oxygens (including phenoxy) is 4. The summed E-state index contributed by atoms with van der Waals surface area (Å²) in [5, 5.41) is 0. The molecular formula is C23H26O4. The van der Waals surface area contributed by atoms with Crippen LogP contribution in [0.2, 0.25) is 0 Å². The van der Waals surface area contributed by atoms with E-state index in [0.29, 0.717) is 13.2 Å². The molecule has 0 amide bonds. The molecule has 0 bridgehead atoms. The average Bonchev–Trinajstić information content (AvgIpc) is 3.15. The Hall–Kier alpha value is -1.98. The highest BCUT2D eigenvalue weighted by Crippen LogP contribution is 2.39. The standard InChI is InChI=1S/C23H26O4/c1-23(2)26-21-19(14-13-17-9-5-3-6-10-17)25-20(22(21)27-23)16-24-15-18-11-7-4-8-12-18/h3-14,19-22H,15-16H2,1-2H3/b14-13+/t19-,20+,21-,22+/m0/s1. The molecule has 0 aliphatic carbocycles. The predicted octanol–water partition coefficient (Wildman–Crippen LogP) is 4.20. The molecule has 4 nitrogen and oxygen atoms in total. The molecule has 2 saturated heterocycles. The lowest BCUT2D eigenvalue weighted by molar-refractivity contribution is -0.187. The van der Waals surface area contributed by atoms with Crippen LogP contribution in [-0.2, 0) is 25.6 Å². The summed E-state index contributed by atoms with van der Waals surface area (Å²) in [5.74, 6) is -0.602. The van der Waals surface area contributed by atoms with Gasteiger partial charge >= 0.3 is 0 Å². The lowest BCUT2D eigenvalue weighted by atomic mass is 10.1. The van der Waals surface area contributed by atoms with E-state index in [0.717, 1.165) is 11.1 Å². The molecule has 2 aliphatic heterocycles. The third-order valence-corrected chi connectivity index (χ3v) is 4.86. The molecule has 27 heavy (non-hydrogen) atoms. The highest BCUT2D eigenvalue weighted by atomic mass is 16.8. The number of hydrogen-bond donors (Lipinski definition) is 0. The Morgan fingerprint density at radius 1 is 0.926 bits per heavy atom. The maximum Gasteiger partial charge on any atom is 0.164 e. The van der Waals surface area contributed by atoms with Gasteiger partial charge in [0.2, 0.25) is 0 Å². The van der Waals surface area contributed by atoms with E-state index >= 15 is 0 Å². The van der Waals surface area contributed by atoms with Crippen LogP contribution >= 0.6 is 0 Å². The van der Waals surface area contributed by atoms with Crippen LogP contribution in [0.1, 0.15) is 25.0 Å². The zero-order valence-corrected chi connectivity index (χ0v) is 15.8. The normalized spacial score (nSPS) is 29.3. The van der Waals surface area contributed by atoms with Crippen LogP contribution in [0.15, 0.2) is 66.7 Å². The van der Waals surface area contributed by atoms with E-state index in [2.05, 4.69) is 36.4 Å². The molecule has 4 rings (SSSR count). The van der Waals surface area contributed by atoms with Crippen molar-refractivity contribution in [2.75, 3.05) is 6.61 Å². The predicted molar refractivity (Wildman–Crippen MR) is 104 cm³/mol. The third kappa shape index (κ3) is 4.47. The van der Waals surface area contributed by atoms with E-state index in [1.165, 1.54) is 0 Å². The van der Waals surface area contributed by atoms with Crippen molar-refractivity contribution in [1.82, 2.24) is 0 Å². The fraction of sp³-hybridized carbons (Fsp3) is 0.391. The Morgan fingerprint density at radius 2 is 1.59 bits per heavy atom. The number of rotatable bonds is 6. The molecule has 0 saturated carbocycles. The van der Waals surface area contributed by atoms with E-state index in [1.54, 1.807) is 0 Å². The minimum Gasteiger partial charge on any atom is -0.374 e. The van der Waals surface area contributed by atoms with Crippen LogP contribution in [0.25, 0.3) is 6.08 Å². The first-order chi connectivity index (χ1) is 13.1. The third-order valence-electron chi connectivity index (χ3n) is 4.86. The van der Waals surface area contributed by atoms with Gasteiger partial charge in [-0.25, -0.2) is 0 Å². The monoisotopic (exact) mass is 366 g/mol. The lowest BCUT2D eigenvalue weighted by Gasteiger charge is -2.23. The van der Waals surface area contributed by atoms with Crippen molar-refractivity contribution in [3.63, 3.8) is 0 Å². The first kappa shape index (κ1) is 18.4. The van der Waals surface area contributed by atoms with Crippen molar-refractivity contribution in [2.24, 2.45) is 0 Å². The molecule has 4 atom stereocenters. The average molecular weight is 366 g/mol. The molecule has 0 N–H and O–H groups in total. The van der Waals surface area contributed by atoms with E-state index in [9.17, 15) is 0 Å². The minimum absolute atomic E-state index is 0.120. The van der Waals surface area contributed by atoms with Crippen LogP contribution < -0.4 is 0 Å². The van der Waals surface area contributed by atoms with Gasteiger partial charge in [0.25, 0.3) is 0 Å². The maximum absolute atomic E-state index is 6.22. The van der Waals surface area contributed by atoms with Gasteiger partial charge in [0.05, 0.1) is 13.2 Å². The van der Waals surface area contributed by atoms with Crippen molar-refractivity contribution >= 4 is 6.08 Å². The summed E-state index contributed by atoms with van der Waals surface area (Å²) in [6.07, 6.45) is 3.60. The SMILES string of the molecule is CC1(C)O[C@@H]2[C@H](O1)[C@@H](COCc1ccccc1)O[C@H]2/C=C/c1ccccc1. The van der Waals surface area contributed by atoms with E-state index in [1.807, 2.05) is 50.2 Å². The second-order valence-electron chi connectivity index (χ2n) is 7.47. The van der Waals surface area contributed by atoms with Gasteiger partial charge in [-0.3, -0.25) is 0 Å². The number of hydrogen-bond acceptors (Lipinski definition) is 4. The molecule has 2 aromatic rings. The molecule has 2 heterocycles. The topological polar surface area (TPSA) is 36.9 Å². The van der Waals surface area contributed by atoms with Gasteiger partial charge in [0.15, 0.2) is 5.79 Å². The van der Waals surface area contributed by atoms with Gasteiger partial charge in [0, 0.05) is 0 Å². The summed E-state index contributed by atoms with van der Waals surface area (Å²) in [7, 11) is 0. The first-order valence-electron chi connectivity index (χ1n) is 9.47. The lowest BCUT2D eigenvalue weighted by Crippen LogP contribution is -2.32. The summed E-state index contributed by atoms with van der Waals surface area (Å²) in [6.45, 7) is 4.94. The van der Waals surface area contributed by atoms with Gasteiger partial charge in [-0.05, 0) is 25.0 Å². The summed E-state index contributed by atoms with van der Waals surface area (Å²) >= 11 is 0. The van der Waals surface area contributed by atoms with Crippen molar-refractivity contribution in [2.45, 2.75) is 50.7 Å². The van der Waals surface area contributed by atoms with Crippen LogP contribution in [0, 0.1) is 0 Å². The molecule has 2 fully saturated rings. The second kappa shape index (κ2) is 7.95. The maximum atomic E-state index is 6.22. The zero-order chi connectivity index (χ0) is 18.7. The van der Waals surface area contributed by atoms with Gasteiger partial charge in [-0.15, -0.1) is 0 Å². The molecule has 4 heteroatoms. The molecule has 2 aliphatic rings. The molecule has 2 aromatic carbocycles. The van der Waals surface area contributed by atoms with Crippen molar-refractivity contribution < 1.29 is 18.9 Å². The summed E-state index contributed by atoms with van der Waals surface area (Å²) < 4.78 is 24.3. The molecular weight excluding hydrogens is 340 g/mol. The molecule has 0 unspecified atom stereocenters. The second-order valence-corrected chi connectivity index (χ2v) is 7.47. The van der Waals surface area contributed by atoms with Crippen LogP contribution in [0.5, 0.6) is 0 Å². The Kier molecular flexibility index (Phi) is 5.41. The van der Waals surface area contributed by atoms with Crippen LogP contribution in [-0.4, -0.2) is 36.8 Å². The zero-order valence-electron chi connectivity index (χ0n) is 15.8. The summed E-state index contributed by atoms with van der Waals surface area (Å²) in [4.78, 5) is 0. The van der Waals surface area contributed by atoms with Gasteiger partial charge in [0.1, 0.15) is 24.4 Å². The first-order valence-corrected chi connectivity index (χ1v) is 9.47. The van der Waals surface area contributed by atoms with Crippen molar-refractivity contribution in [3.8, 4) is 0 Å². The Morgan fingerprint density at radius 3 is 2.33 bits per heavy atom. The molecule has 0 spiro atoms. The van der Waals surface area contributed by atoms with Crippen molar-refractivity contribution in [3.05, 3.63) is 77.9 Å². The fourth-order valence-electron chi connectivity index (χ4n) is 3.64. The minimum atomic E-state index is -0.602. The molecule has 0 aromatic heterocycles. The molecule has 142 valence electrons. The summed E-state index contributed by atoms with van der Waals surface area (Å²) in [6, 6.07) is 20.3. The largest absolute Gasteiger partial charge is 0.374 e. The van der Waals surface area contributed by atoms with Gasteiger partial charge in [-0.2, -0.15) is 0 Å². The number of fused-ring (bicyclic) bond motifs is 1. The highest BCUT2D eigenvalue weighted by Gasteiger charge is 2.54. The van der Waals surface area contributed by atoms with E-state index < -0.39 is 5.79 Å².